The fourth-order valence-corrected chi connectivity index (χ4v) is 1.60. The lowest BCUT2D eigenvalue weighted by molar-refractivity contribution is 0.145. The Morgan fingerprint density at radius 1 is 1.73 bits per heavy atom. The van der Waals surface area contributed by atoms with E-state index >= 15 is 0 Å². The summed E-state index contributed by atoms with van der Waals surface area (Å²) < 4.78 is 0. The second-order valence-electron chi connectivity index (χ2n) is 2.57. The highest BCUT2D eigenvalue weighted by Crippen LogP contribution is 2.19. The van der Waals surface area contributed by atoms with Gasteiger partial charge in [0.2, 0.25) is 0 Å². The number of hydrogen-bond donors (Lipinski definition) is 2. The van der Waals surface area contributed by atoms with Gasteiger partial charge in [-0.05, 0) is 28.8 Å². The van der Waals surface area contributed by atoms with Crippen molar-refractivity contribution >= 4 is 11.3 Å². The minimum atomic E-state index is -0.494. The van der Waals surface area contributed by atoms with Gasteiger partial charge in [0.15, 0.2) is 0 Å². The van der Waals surface area contributed by atoms with Gasteiger partial charge < -0.3 is 10.8 Å². The highest BCUT2D eigenvalue weighted by molar-refractivity contribution is 7.07. The van der Waals surface area contributed by atoms with E-state index in [1.165, 1.54) is 0 Å². The molecule has 1 aromatic rings. The van der Waals surface area contributed by atoms with Gasteiger partial charge in [-0.1, -0.05) is 6.92 Å². The maximum Gasteiger partial charge on any atom is 0.0948 e. The predicted octanol–water partition coefficient (Wildman–Crippen LogP) is 1.52. The van der Waals surface area contributed by atoms with Crippen LogP contribution in [-0.4, -0.2) is 11.1 Å². The Labute approximate surface area is 70.7 Å². The van der Waals surface area contributed by atoms with Crippen LogP contribution in [0.2, 0.25) is 0 Å². The third-order valence-electron chi connectivity index (χ3n) is 1.76. The van der Waals surface area contributed by atoms with Gasteiger partial charge in [0.25, 0.3) is 0 Å². The lowest BCUT2D eigenvalue weighted by Gasteiger charge is -2.15. The molecule has 0 bridgehead atoms. The van der Waals surface area contributed by atoms with Crippen molar-refractivity contribution in [3.63, 3.8) is 0 Å². The topological polar surface area (TPSA) is 46.2 Å². The van der Waals surface area contributed by atoms with E-state index in [0.717, 1.165) is 12.0 Å². The lowest BCUT2D eigenvalue weighted by Crippen LogP contribution is -2.26. The summed E-state index contributed by atoms with van der Waals surface area (Å²) in [6, 6.07) is 1.77. The summed E-state index contributed by atoms with van der Waals surface area (Å²) in [5, 5.41) is 13.4. The van der Waals surface area contributed by atoms with E-state index in [4.69, 9.17) is 5.73 Å². The summed E-state index contributed by atoms with van der Waals surface area (Å²) in [4.78, 5) is 0. The maximum atomic E-state index is 9.56. The van der Waals surface area contributed by atoms with Gasteiger partial charge in [-0.15, -0.1) is 0 Å². The van der Waals surface area contributed by atoms with Crippen molar-refractivity contribution in [2.75, 3.05) is 0 Å². The molecule has 1 heterocycles. The minimum absolute atomic E-state index is 0.135. The zero-order chi connectivity index (χ0) is 8.27. The molecule has 1 aromatic heterocycles. The van der Waals surface area contributed by atoms with Crippen LogP contribution in [0, 0.1) is 0 Å². The molecule has 0 radical (unpaired) electrons. The molecule has 11 heavy (non-hydrogen) atoms. The van der Waals surface area contributed by atoms with Gasteiger partial charge in [0, 0.05) is 6.04 Å². The smallest absolute Gasteiger partial charge is 0.0948 e. The van der Waals surface area contributed by atoms with Gasteiger partial charge in [-0.3, -0.25) is 0 Å². The summed E-state index contributed by atoms with van der Waals surface area (Å²) in [5.74, 6) is 0. The second-order valence-corrected chi connectivity index (χ2v) is 3.35. The van der Waals surface area contributed by atoms with Crippen molar-refractivity contribution in [1.29, 1.82) is 0 Å². The Hall–Kier alpha value is -0.380. The molecule has 0 unspecified atom stereocenters. The van der Waals surface area contributed by atoms with Crippen molar-refractivity contribution in [2.24, 2.45) is 5.73 Å². The zero-order valence-corrected chi connectivity index (χ0v) is 7.34. The molecule has 0 aromatic carbocycles. The highest BCUT2D eigenvalue weighted by Gasteiger charge is 2.14. The fraction of sp³-hybridized carbons (Fsp3) is 0.500. The third kappa shape index (κ3) is 2.02. The first-order chi connectivity index (χ1) is 5.25. The standard InChI is InChI=1S/C8H13NOS/c1-2-7(9)8(10)6-3-4-11-5-6/h3-5,7-8,10H,2,9H2,1H3/t7-,8+/m1/s1. The summed E-state index contributed by atoms with van der Waals surface area (Å²) in [5.41, 5.74) is 6.60. The van der Waals surface area contributed by atoms with Crippen LogP contribution in [0.15, 0.2) is 16.8 Å². The van der Waals surface area contributed by atoms with Crippen molar-refractivity contribution in [3.8, 4) is 0 Å². The summed E-state index contributed by atoms with van der Waals surface area (Å²) in [7, 11) is 0. The monoisotopic (exact) mass is 171 g/mol. The summed E-state index contributed by atoms with van der Waals surface area (Å²) in [6.45, 7) is 1.97. The van der Waals surface area contributed by atoms with Crippen molar-refractivity contribution in [1.82, 2.24) is 0 Å². The summed E-state index contributed by atoms with van der Waals surface area (Å²) >= 11 is 1.58. The molecule has 0 aliphatic heterocycles. The van der Waals surface area contributed by atoms with Gasteiger partial charge in [0.05, 0.1) is 6.10 Å². The van der Waals surface area contributed by atoms with Crippen molar-refractivity contribution in [2.45, 2.75) is 25.5 Å². The van der Waals surface area contributed by atoms with Crippen LogP contribution in [0.3, 0.4) is 0 Å². The largest absolute Gasteiger partial charge is 0.387 e. The van der Waals surface area contributed by atoms with Crippen molar-refractivity contribution in [3.05, 3.63) is 22.4 Å². The number of rotatable bonds is 3. The van der Waals surface area contributed by atoms with E-state index in [0.29, 0.717) is 0 Å². The van der Waals surface area contributed by atoms with Crippen LogP contribution in [0.4, 0.5) is 0 Å². The van der Waals surface area contributed by atoms with Gasteiger partial charge in [0.1, 0.15) is 0 Å². The molecule has 0 amide bonds. The lowest BCUT2D eigenvalue weighted by atomic mass is 10.0. The number of aliphatic hydroxyl groups is 1. The summed E-state index contributed by atoms with van der Waals surface area (Å²) in [6.07, 6.45) is 0.308. The van der Waals surface area contributed by atoms with Crippen LogP contribution < -0.4 is 5.73 Å². The van der Waals surface area contributed by atoms with Crippen LogP contribution >= 0.6 is 11.3 Å². The molecule has 0 saturated carbocycles. The maximum absolute atomic E-state index is 9.56. The SMILES string of the molecule is CC[C@@H](N)[C@@H](O)c1ccsc1. The second kappa shape index (κ2) is 3.85. The molecule has 0 aliphatic carbocycles. The average Bonchev–Trinajstić information content (AvgIpc) is 2.53. The average molecular weight is 171 g/mol. The minimum Gasteiger partial charge on any atom is -0.387 e. The number of aliphatic hydroxyl groups excluding tert-OH is 1. The Balaban J connectivity index is 2.62. The molecule has 3 heteroatoms. The first-order valence-corrected chi connectivity index (χ1v) is 4.65. The molecule has 1 rings (SSSR count). The number of thiophene rings is 1. The molecule has 3 N–H and O–H groups in total. The van der Waals surface area contributed by atoms with E-state index < -0.39 is 6.10 Å². The number of nitrogens with two attached hydrogens (primary N) is 1. The van der Waals surface area contributed by atoms with Crippen LogP contribution in [-0.2, 0) is 0 Å². The zero-order valence-electron chi connectivity index (χ0n) is 6.53. The molecule has 0 saturated heterocycles. The normalized spacial score (nSPS) is 16.3. The molecule has 0 aliphatic rings. The Bertz CT molecular complexity index is 198. The predicted molar refractivity (Wildman–Crippen MR) is 47.5 cm³/mol. The molecule has 0 spiro atoms. The molecule has 62 valence electrons. The van der Waals surface area contributed by atoms with E-state index in [2.05, 4.69) is 0 Å². The van der Waals surface area contributed by atoms with Gasteiger partial charge in [-0.2, -0.15) is 11.3 Å². The van der Waals surface area contributed by atoms with E-state index in [9.17, 15) is 5.11 Å². The Morgan fingerprint density at radius 2 is 2.45 bits per heavy atom. The molecule has 2 atom stereocenters. The number of hydrogen-bond acceptors (Lipinski definition) is 3. The Kier molecular flexibility index (Phi) is 3.05. The first kappa shape index (κ1) is 8.71. The molecule has 0 fully saturated rings. The van der Waals surface area contributed by atoms with E-state index in [-0.39, 0.29) is 6.04 Å². The molecular formula is C8H13NOS. The van der Waals surface area contributed by atoms with Gasteiger partial charge >= 0.3 is 0 Å². The van der Waals surface area contributed by atoms with E-state index in [1.54, 1.807) is 11.3 Å². The van der Waals surface area contributed by atoms with Crippen LogP contribution in [0.25, 0.3) is 0 Å². The highest BCUT2D eigenvalue weighted by atomic mass is 32.1. The molecule has 2 nitrogen and oxygen atoms in total. The third-order valence-corrected chi connectivity index (χ3v) is 2.46. The van der Waals surface area contributed by atoms with Crippen molar-refractivity contribution < 1.29 is 5.11 Å². The molecular weight excluding hydrogens is 158 g/mol. The Morgan fingerprint density at radius 3 is 2.91 bits per heavy atom. The first-order valence-electron chi connectivity index (χ1n) is 3.71. The van der Waals surface area contributed by atoms with Gasteiger partial charge in [-0.25, -0.2) is 0 Å². The van der Waals surface area contributed by atoms with E-state index in [1.807, 2.05) is 23.8 Å². The fourth-order valence-electron chi connectivity index (χ4n) is 0.914. The van der Waals surface area contributed by atoms with Crippen LogP contribution in [0.5, 0.6) is 0 Å². The van der Waals surface area contributed by atoms with Crippen LogP contribution in [0.1, 0.15) is 25.0 Å². The quantitative estimate of drug-likeness (QED) is 0.724.